The maximum Gasteiger partial charge on any atom is 0.410 e. The molecule has 0 spiro atoms. The number of carbonyl (C=O) groups excluding carboxylic acids is 4. The molecule has 264 valence electrons. The topological polar surface area (TPSA) is 165 Å². The summed E-state index contributed by atoms with van der Waals surface area (Å²) in [5.74, 6) is -1.15. The number of thiazole rings is 1. The fourth-order valence-electron chi connectivity index (χ4n) is 5.88. The van der Waals surface area contributed by atoms with Gasteiger partial charge in [0.25, 0.3) is 0 Å². The van der Waals surface area contributed by atoms with Crippen molar-refractivity contribution in [3.05, 3.63) is 41.0 Å². The van der Waals surface area contributed by atoms with E-state index in [1.54, 1.807) is 10.4 Å². The third-order valence-electron chi connectivity index (χ3n) is 8.50. The van der Waals surface area contributed by atoms with Crippen LogP contribution in [0.3, 0.4) is 0 Å². The summed E-state index contributed by atoms with van der Waals surface area (Å²) in [6.07, 6.45) is -1.17. The molecule has 2 saturated heterocycles. The van der Waals surface area contributed by atoms with E-state index in [9.17, 15) is 29.4 Å². The van der Waals surface area contributed by atoms with E-state index in [0.29, 0.717) is 31.9 Å². The van der Waals surface area contributed by atoms with E-state index in [1.165, 1.54) is 16.2 Å². The molecule has 13 nitrogen and oxygen atoms in total. The van der Waals surface area contributed by atoms with Crippen LogP contribution < -0.4 is 10.6 Å². The molecule has 0 radical (unpaired) electrons. The zero-order valence-electron chi connectivity index (χ0n) is 29.0. The van der Waals surface area contributed by atoms with Crippen molar-refractivity contribution in [2.75, 3.05) is 39.3 Å². The number of β-amino-alcohol motifs (C(OH)–C–C–N with tert-alkyl or cyclic N) is 1. The Morgan fingerprint density at radius 2 is 1.67 bits per heavy atom. The number of aliphatic hydroxyl groups is 2. The van der Waals surface area contributed by atoms with Crippen LogP contribution in [0.25, 0.3) is 10.4 Å². The molecule has 2 aliphatic rings. The SMILES string of the molecule is CC(NC(=O)[C@@H]1C[C@@H](O)CN1C(=O)C(NC(=O)CN1CCN(C(=O)OC(C)(C)C)CC1)C(C)(C)C)c1ccc(-c2scnc2CO)cc1. The van der Waals surface area contributed by atoms with E-state index in [2.05, 4.69) is 15.6 Å². The molecule has 2 unspecified atom stereocenters. The van der Waals surface area contributed by atoms with Gasteiger partial charge in [-0.15, -0.1) is 11.3 Å². The molecule has 0 saturated carbocycles. The van der Waals surface area contributed by atoms with Gasteiger partial charge in [0, 0.05) is 39.1 Å². The molecule has 0 bridgehead atoms. The van der Waals surface area contributed by atoms with Crippen LogP contribution in [0.15, 0.2) is 29.8 Å². The minimum absolute atomic E-state index is 0.0168. The highest BCUT2D eigenvalue weighted by Gasteiger charge is 2.45. The van der Waals surface area contributed by atoms with Gasteiger partial charge >= 0.3 is 6.09 Å². The third kappa shape index (κ3) is 9.52. The summed E-state index contributed by atoms with van der Waals surface area (Å²) < 4.78 is 5.45. The molecule has 2 aliphatic heterocycles. The van der Waals surface area contributed by atoms with Gasteiger partial charge in [0.2, 0.25) is 17.7 Å². The van der Waals surface area contributed by atoms with Crippen molar-refractivity contribution in [2.45, 2.75) is 91.3 Å². The van der Waals surface area contributed by atoms with E-state index in [1.807, 2.05) is 77.6 Å². The Bertz CT molecular complexity index is 1440. The first-order valence-corrected chi connectivity index (χ1v) is 17.3. The first-order valence-electron chi connectivity index (χ1n) is 16.4. The molecular weight excluding hydrogens is 636 g/mol. The van der Waals surface area contributed by atoms with E-state index < -0.39 is 35.1 Å². The molecule has 4 atom stereocenters. The standard InChI is InChI=1S/C34H50N6O7S/c1-21(22-8-10-23(11-9-22)28-25(19-41)35-20-48-28)36-30(44)26-16-24(42)17-40(26)31(45)29(33(2,3)4)37-27(43)18-38-12-14-39(15-13-38)32(46)47-34(5,6)7/h8-11,20-21,24,26,29,41-42H,12-19H2,1-7H3,(H,36,44)(H,37,43)/t21?,24-,26+,29?/m1/s1. The summed E-state index contributed by atoms with van der Waals surface area (Å²) in [6.45, 7) is 14.5. The molecule has 4 amide bonds. The largest absolute Gasteiger partial charge is 0.444 e. The lowest BCUT2D eigenvalue weighted by Crippen LogP contribution is -2.59. The Morgan fingerprint density at radius 3 is 2.25 bits per heavy atom. The normalized spacial score (nSPS) is 20.3. The Kier molecular flexibility index (Phi) is 11.9. The number of likely N-dealkylation sites (tertiary alicyclic amines) is 1. The fourth-order valence-corrected chi connectivity index (χ4v) is 6.69. The lowest BCUT2D eigenvalue weighted by atomic mass is 9.85. The Labute approximate surface area is 286 Å². The average Bonchev–Trinajstić information content (AvgIpc) is 3.65. The molecule has 14 heteroatoms. The van der Waals surface area contributed by atoms with E-state index in [-0.39, 0.29) is 50.1 Å². The molecule has 3 heterocycles. The molecule has 48 heavy (non-hydrogen) atoms. The summed E-state index contributed by atoms with van der Waals surface area (Å²) >= 11 is 1.44. The van der Waals surface area contributed by atoms with Gasteiger partial charge in [0.1, 0.15) is 17.7 Å². The fraction of sp³-hybridized carbons (Fsp3) is 0.618. The van der Waals surface area contributed by atoms with E-state index in [0.717, 1.165) is 16.0 Å². The molecule has 4 rings (SSSR count). The number of ether oxygens (including phenoxy) is 1. The van der Waals surface area contributed by atoms with Gasteiger partial charge in [0.05, 0.1) is 41.4 Å². The monoisotopic (exact) mass is 686 g/mol. The van der Waals surface area contributed by atoms with Crippen LogP contribution in [-0.4, -0.2) is 117 Å². The van der Waals surface area contributed by atoms with Crippen molar-refractivity contribution in [2.24, 2.45) is 5.41 Å². The Hall–Kier alpha value is -3.59. The van der Waals surface area contributed by atoms with Gasteiger partial charge in [-0.25, -0.2) is 9.78 Å². The number of amides is 4. The number of piperazine rings is 1. The lowest BCUT2D eigenvalue weighted by Gasteiger charge is -2.37. The molecule has 2 aromatic rings. The van der Waals surface area contributed by atoms with Crippen molar-refractivity contribution in [3.8, 4) is 10.4 Å². The summed E-state index contributed by atoms with van der Waals surface area (Å²) in [5, 5.41) is 26.0. The van der Waals surface area contributed by atoms with Gasteiger partial charge in [-0.2, -0.15) is 0 Å². The second-order valence-electron chi connectivity index (χ2n) is 14.6. The number of nitrogens with zero attached hydrogens (tertiary/aromatic N) is 4. The highest BCUT2D eigenvalue weighted by molar-refractivity contribution is 7.13. The highest BCUT2D eigenvalue weighted by atomic mass is 32.1. The van der Waals surface area contributed by atoms with E-state index in [4.69, 9.17) is 4.74 Å². The summed E-state index contributed by atoms with van der Waals surface area (Å²) in [5.41, 5.74) is 2.80. The number of hydrogen-bond donors (Lipinski definition) is 4. The maximum absolute atomic E-state index is 14.0. The average molecular weight is 687 g/mol. The van der Waals surface area contributed by atoms with Crippen molar-refractivity contribution in [1.29, 1.82) is 0 Å². The highest BCUT2D eigenvalue weighted by Crippen LogP contribution is 2.30. The molecule has 0 aliphatic carbocycles. The van der Waals surface area contributed by atoms with Gasteiger partial charge in [-0.05, 0) is 44.2 Å². The second-order valence-corrected chi connectivity index (χ2v) is 15.5. The van der Waals surface area contributed by atoms with Crippen LogP contribution in [0.2, 0.25) is 0 Å². The summed E-state index contributed by atoms with van der Waals surface area (Å²) in [7, 11) is 0. The van der Waals surface area contributed by atoms with Crippen LogP contribution in [0.1, 0.15) is 72.2 Å². The first kappa shape index (κ1) is 37.2. The van der Waals surface area contributed by atoms with Crippen LogP contribution in [0, 0.1) is 5.41 Å². The molecular formula is C34H50N6O7S. The van der Waals surface area contributed by atoms with Crippen LogP contribution in [-0.2, 0) is 25.7 Å². The second kappa shape index (κ2) is 15.3. The summed E-state index contributed by atoms with van der Waals surface area (Å²) in [6, 6.07) is 5.41. The Morgan fingerprint density at radius 1 is 1.02 bits per heavy atom. The zero-order valence-corrected chi connectivity index (χ0v) is 29.8. The maximum atomic E-state index is 14.0. The van der Waals surface area contributed by atoms with Gasteiger partial charge < -0.3 is 35.4 Å². The quantitative estimate of drug-likeness (QED) is 0.310. The lowest BCUT2D eigenvalue weighted by molar-refractivity contribution is -0.144. The third-order valence-corrected chi connectivity index (χ3v) is 9.41. The van der Waals surface area contributed by atoms with Gasteiger partial charge in [-0.3, -0.25) is 19.3 Å². The minimum Gasteiger partial charge on any atom is -0.444 e. The minimum atomic E-state index is -0.936. The molecule has 4 N–H and O–H groups in total. The van der Waals surface area contributed by atoms with Crippen molar-refractivity contribution >= 4 is 35.2 Å². The van der Waals surface area contributed by atoms with Crippen molar-refractivity contribution in [1.82, 2.24) is 30.3 Å². The number of hydrogen-bond acceptors (Lipinski definition) is 10. The Balaban J connectivity index is 1.36. The number of benzene rings is 1. The molecule has 1 aromatic carbocycles. The number of nitrogens with one attached hydrogen (secondary N) is 2. The predicted octanol–water partition coefficient (Wildman–Crippen LogP) is 2.53. The first-order chi connectivity index (χ1) is 22.5. The molecule has 1 aromatic heterocycles. The smallest absolute Gasteiger partial charge is 0.410 e. The van der Waals surface area contributed by atoms with Crippen LogP contribution in [0.5, 0.6) is 0 Å². The van der Waals surface area contributed by atoms with Gasteiger partial charge in [-0.1, -0.05) is 45.0 Å². The van der Waals surface area contributed by atoms with Crippen molar-refractivity contribution < 1.29 is 34.1 Å². The summed E-state index contributed by atoms with van der Waals surface area (Å²) in [4.78, 5) is 63.2. The number of carbonyl (C=O) groups is 4. The van der Waals surface area contributed by atoms with Crippen molar-refractivity contribution in [3.63, 3.8) is 0 Å². The van der Waals surface area contributed by atoms with E-state index >= 15 is 0 Å². The molecule has 2 fully saturated rings. The predicted molar refractivity (Wildman–Crippen MR) is 182 cm³/mol. The zero-order chi connectivity index (χ0) is 35.4. The number of aromatic nitrogens is 1. The van der Waals surface area contributed by atoms with Crippen LogP contribution in [0.4, 0.5) is 4.79 Å². The van der Waals surface area contributed by atoms with Gasteiger partial charge in [0.15, 0.2) is 0 Å². The van der Waals surface area contributed by atoms with Crippen LogP contribution >= 0.6 is 11.3 Å². The number of aliphatic hydroxyl groups excluding tert-OH is 2. The number of rotatable bonds is 9.